The van der Waals surface area contributed by atoms with Gasteiger partial charge < -0.3 is 23.7 Å². The van der Waals surface area contributed by atoms with Gasteiger partial charge in [0.05, 0.1) is 30.4 Å². The lowest BCUT2D eigenvalue weighted by Crippen LogP contribution is -2.50. The van der Waals surface area contributed by atoms with Crippen LogP contribution in [-0.2, 0) is 21.8 Å². The Kier molecular flexibility index (Phi) is 7.85. The van der Waals surface area contributed by atoms with Crippen LogP contribution in [0.25, 0.3) is 10.2 Å². The molecule has 0 unspecified atom stereocenters. The van der Waals surface area contributed by atoms with Crippen molar-refractivity contribution in [3.8, 4) is 11.5 Å². The highest BCUT2D eigenvalue weighted by atomic mass is 32.2. The van der Waals surface area contributed by atoms with Crippen molar-refractivity contribution in [3.63, 3.8) is 0 Å². The van der Waals surface area contributed by atoms with E-state index in [0.29, 0.717) is 16.3 Å². The summed E-state index contributed by atoms with van der Waals surface area (Å²) in [6.07, 6.45) is -0.448. The SMILES string of the molecule is CCOC(=O)N1CCN(S(=O)(=O)c2ccc(C(=O)N=c3sc4cc(OC)cc(OC)c4n3C)cc2)CC1. The summed E-state index contributed by atoms with van der Waals surface area (Å²) in [5.74, 6) is 0.725. The van der Waals surface area contributed by atoms with E-state index in [0.717, 1.165) is 10.2 Å². The van der Waals surface area contributed by atoms with Gasteiger partial charge in [0, 0.05) is 44.9 Å². The first-order valence-electron chi connectivity index (χ1n) is 11.5. The molecule has 0 saturated carbocycles. The Hall–Kier alpha value is -3.42. The normalized spacial score (nSPS) is 15.1. The van der Waals surface area contributed by atoms with Crippen molar-refractivity contribution in [2.75, 3.05) is 47.0 Å². The van der Waals surface area contributed by atoms with Crippen LogP contribution in [0.5, 0.6) is 11.5 Å². The van der Waals surface area contributed by atoms with Gasteiger partial charge in [-0.2, -0.15) is 9.30 Å². The van der Waals surface area contributed by atoms with E-state index in [1.54, 1.807) is 38.8 Å². The zero-order chi connectivity index (χ0) is 26.7. The molecule has 37 heavy (non-hydrogen) atoms. The number of aromatic nitrogens is 1. The van der Waals surface area contributed by atoms with Crippen LogP contribution in [-0.4, -0.2) is 81.2 Å². The maximum absolute atomic E-state index is 13.1. The van der Waals surface area contributed by atoms with E-state index in [9.17, 15) is 18.0 Å². The molecule has 0 N–H and O–H groups in total. The van der Waals surface area contributed by atoms with E-state index in [-0.39, 0.29) is 43.2 Å². The zero-order valence-corrected chi connectivity index (χ0v) is 22.6. The molecule has 1 aliphatic heterocycles. The van der Waals surface area contributed by atoms with Crippen LogP contribution in [0.2, 0.25) is 0 Å². The highest BCUT2D eigenvalue weighted by Crippen LogP contribution is 2.32. The molecule has 0 atom stereocenters. The number of methoxy groups -OCH3 is 2. The molecule has 198 valence electrons. The second-order valence-corrected chi connectivity index (χ2v) is 11.1. The van der Waals surface area contributed by atoms with Crippen LogP contribution < -0.4 is 14.3 Å². The van der Waals surface area contributed by atoms with Gasteiger partial charge in [0.25, 0.3) is 5.91 Å². The standard InChI is InChI=1S/C24H28N4O7S2/c1-5-35-24(30)27-10-12-28(13-11-27)37(31,32)18-8-6-16(7-9-18)22(29)25-23-26(2)21-19(34-4)14-17(33-3)15-20(21)36-23/h6-9,14-15H,5,10-13H2,1-4H3. The molecule has 3 aromatic rings. The molecular weight excluding hydrogens is 520 g/mol. The molecule has 0 aliphatic carbocycles. The van der Waals surface area contributed by atoms with Crippen LogP contribution in [0, 0.1) is 0 Å². The number of hydrogen-bond donors (Lipinski definition) is 0. The number of piperazine rings is 1. The van der Waals surface area contributed by atoms with Gasteiger partial charge in [0.1, 0.15) is 17.0 Å². The number of benzene rings is 2. The van der Waals surface area contributed by atoms with E-state index >= 15 is 0 Å². The summed E-state index contributed by atoms with van der Waals surface area (Å²) in [7, 11) is 1.14. The highest BCUT2D eigenvalue weighted by Gasteiger charge is 2.30. The molecule has 0 radical (unpaired) electrons. The van der Waals surface area contributed by atoms with E-state index < -0.39 is 22.0 Å². The summed E-state index contributed by atoms with van der Waals surface area (Å²) >= 11 is 1.31. The fourth-order valence-electron chi connectivity index (χ4n) is 4.00. The largest absolute Gasteiger partial charge is 0.497 e. The van der Waals surface area contributed by atoms with E-state index in [4.69, 9.17) is 14.2 Å². The van der Waals surface area contributed by atoms with Gasteiger partial charge in [-0.25, -0.2) is 13.2 Å². The number of rotatable bonds is 6. The number of carbonyl (C=O) groups is 2. The van der Waals surface area contributed by atoms with Gasteiger partial charge in [0.2, 0.25) is 10.0 Å². The number of nitrogens with zero attached hydrogens (tertiary/aromatic N) is 4. The minimum absolute atomic E-state index is 0.0675. The molecule has 0 bridgehead atoms. The summed E-state index contributed by atoms with van der Waals surface area (Å²) in [5.41, 5.74) is 1.04. The number of fused-ring (bicyclic) bond motifs is 1. The Labute approximate surface area is 218 Å². The summed E-state index contributed by atoms with van der Waals surface area (Å²) in [6.45, 7) is 2.80. The number of thiazole rings is 1. The van der Waals surface area contributed by atoms with Gasteiger partial charge in [-0.1, -0.05) is 11.3 Å². The minimum atomic E-state index is -3.78. The van der Waals surface area contributed by atoms with Gasteiger partial charge in [-0.05, 0) is 37.3 Å². The van der Waals surface area contributed by atoms with Crippen LogP contribution in [0.3, 0.4) is 0 Å². The number of sulfonamides is 1. The van der Waals surface area contributed by atoms with E-state index in [1.807, 2.05) is 6.07 Å². The average Bonchev–Trinajstić information content (AvgIpc) is 3.22. The Bertz CT molecular complexity index is 1490. The zero-order valence-electron chi connectivity index (χ0n) is 21.0. The fraction of sp³-hybridized carbons (Fsp3) is 0.375. The minimum Gasteiger partial charge on any atom is -0.497 e. The number of hydrogen-bond acceptors (Lipinski definition) is 8. The second kappa shape index (κ2) is 10.9. The molecule has 13 heteroatoms. The number of aryl methyl sites for hydroxylation is 1. The van der Waals surface area contributed by atoms with Crippen molar-refractivity contribution in [2.45, 2.75) is 11.8 Å². The first kappa shape index (κ1) is 26.6. The molecule has 2 heterocycles. The smallest absolute Gasteiger partial charge is 0.409 e. The second-order valence-electron chi connectivity index (χ2n) is 8.15. The third kappa shape index (κ3) is 5.33. The molecule has 1 fully saturated rings. The lowest BCUT2D eigenvalue weighted by Gasteiger charge is -2.33. The first-order valence-corrected chi connectivity index (χ1v) is 13.8. The van der Waals surface area contributed by atoms with Crippen molar-refractivity contribution in [3.05, 3.63) is 46.8 Å². The maximum Gasteiger partial charge on any atom is 0.409 e. The van der Waals surface area contributed by atoms with Crippen LogP contribution in [0.4, 0.5) is 4.79 Å². The molecule has 0 spiro atoms. The predicted molar refractivity (Wildman–Crippen MR) is 138 cm³/mol. The van der Waals surface area contributed by atoms with Crippen LogP contribution in [0.1, 0.15) is 17.3 Å². The average molecular weight is 549 g/mol. The third-order valence-electron chi connectivity index (χ3n) is 5.99. The van der Waals surface area contributed by atoms with Gasteiger partial charge >= 0.3 is 6.09 Å². The van der Waals surface area contributed by atoms with Crippen molar-refractivity contribution in [1.29, 1.82) is 0 Å². The fourth-order valence-corrected chi connectivity index (χ4v) is 6.48. The first-order chi connectivity index (χ1) is 17.7. The third-order valence-corrected chi connectivity index (χ3v) is 8.99. The lowest BCUT2D eigenvalue weighted by molar-refractivity contribution is 0.0933. The number of amides is 2. The lowest BCUT2D eigenvalue weighted by atomic mass is 10.2. The Morgan fingerprint density at radius 3 is 2.30 bits per heavy atom. The van der Waals surface area contributed by atoms with Crippen LogP contribution in [0.15, 0.2) is 46.3 Å². The summed E-state index contributed by atoms with van der Waals surface area (Å²) in [5, 5.41) is 0. The number of carbonyl (C=O) groups excluding carboxylic acids is 2. The van der Waals surface area contributed by atoms with E-state index in [2.05, 4.69) is 4.99 Å². The van der Waals surface area contributed by atoms with Gasteiger partial charge in [-0.15, -0.1) is 0 Å². The van der Waals surface area contributed by atoms with Crippen molar-refractivity contribution >= 4 is 43.6 Å². The summed E-state index contributed by atoms with van der Waals surface area (Å²) < 4.78 is 45.9. The highest BCUT2D eigenvalue weighted by molar-refractivity contribution is 7.89. The molecule has 2 aromatic carbocycles. The van der Waals surface area contributed by atoms with Crippen molar-refractivity contribution in [1.82, 2.24) is 13.8 Å². The van der Waals surface area contributed by atoms with Crippen molar-refractivity contribution < 1.29 is 32.2 Å². The Morgan fingerprint density at radius 2 is 1.70 bits per heavy atom. The molecule has 1 aromatic heterocycles. The summed E-state index contributed by atoms with van der Waals surface area (Å²) in [6, 6.07) is 9.30. The predicted octanol–water partition coefficient (Wildman–Crippen LogP) is 2.46. The Balaban J connectivity index is 1.53. The molecular formula is C24H28N4O7S2. The Morgan fingerprint density at radius 1 is 1.03 bits per heavy atom. The molecule has 1 aliphatic rings. The quantitative estimate of drug-likeness (QED) is 0.464. The molecule has 1 saturated heterocycles. The topological polar surface area (TPSA) is 120 Å². The number of ether oxygens (including phenoxy) is 3. The van der Waals surface area contributed by atoms with E-state index in [1.165, 1.54) is 44.8 Å². The van der Waals surface area contributed by atoms with Gasteiger partial charge in [-0.3, -0.25) is 4.79 Å². The summed E-state index contributed by atoms with van der Waals surface area (Å²) in [4.78, 5) is 31.0. The maximum atomic E-state index is 13.1. The molecule has 2 amide bonds. The van der Waals surface area contributed by atoms with Crippen LogP contribution >= 0.6 is 11.3 Å². The van der Waals surface area contributed by atoms with Crippen molar-refractivity contribution in [2.24, 2.45) is 12.0 Å². The monoisotopic (exact) mass is 548 g/mol. The molecule has 4 rings (SSSR count). The van der Waals surface area contributed by atoms with Gasteiger partial charge in [0.15, 0.2) is 4.80 Å². The molecule has 11 nitrogen and oxygen atoms in total.